The molecule has 82 valence electrons. The van der Waals surface area contributed by atoms with Crippen LogP contribution in [-0.4, -0.2) is 24.2 Å². The van der Waals surface area contributed by atoms with Gasteiger partial charge in [0.1, 0.15) is 0 Å². The number of rotatable bonds is 3. The standard InChI is InChI=1S/C11H17N3O/c1-15-11-3-2-9(5-11)14-10-4-8(12)6-13-7-10/h4,6-7,9,11,14H,2-3,5,12H2,1H3. The highest BCUT2D eigenvalue weighted by Gasteiger charge is 2.24. The van der Waals surface area contributed by atoms with E-state index < -0.39 is 0 Å². The summed E-state index contributed by atoms with van der Waals surface area (Å²) in [6.45, 7) is 0. The molecular weight excluding hydrogens is 190 g/mol. The molecule has 0 spiro atoms. The number of pyridine rings is 1. The van der Waals surface area contributed by atoms with Crippen molar-refractivity contribution in [3.05, 3.63) is 18.5 Å². The first-order chi connectivity index (χ1) is 7.28. The highest BCUT2D eigenvalue weighted by molar-refractivity contribution is 5.51. The quantitative estimate of drug-likeness (QED) is 0.791. The van der Waals surface area contributed by atoms with Crippen LogP contribution < -0.4 is 11.1 Å². The second kappa shape index (κ2) is 4.49. The molecule has 1 saturated carbocycles. The van der Waals surface area contributed by atoms with E-state index in [-0.39, 0.29) is 0 Å². The number of hydrogen-bond acceptors (Lipinski definition) is 4. The van der Waals surface area contributed by atoms with Gasteiger partial charge in [0.25, 0.3) is 0 Å². The van der Waals surface area contributed by atoms with Crippen molar-refractivity contribution in [1.82, 2.24) is 4.98 Å². The van der Waals surface area contributed by atoms with Gasteiger partial charge in [0.05, 0.1) is 23.7 Å². The number of ether oxygens (including phenoxy) is 1. The summed E-state index contributed by atoms with van der Waals surface area (Å²) in [6, 6.07) is 2.39. The number of hydrogen-bond donors (Lipinski definition) is 2. The third-order valence-corrected chi connectivity index (χ3v) is 2.85. The van der Waals surface area contributed by atoms with Gasteiger partial charge in [0.15, 0.2) is 0 Å². The van der Waals surface area contributed by atoms with Crippen LogP contribution in [0.15, 0.2) is 18.5 Å². The van der Waals surface area contributed by atoms with Gasteiger partial charge in [-0.15, -0.1) is 0 Å². The summed E-state index contributed by atoms with van der Waals surface area (Å²) in [6.07, 6.45) is 7.19. The Hall–Kier alpha value is -1.29. The van der Waals surface area contributed by atoms with Crippen molar-refractivity contribution in [3.8, 4) is 0 Å². The first kappa shape index (κ1) is 10.2. The van der Waals surface area contributed by atoms with Gasteiger partial charge in [0, 0.05) is 19.3 Å². The lowest BCUT2D eigenvalue weighted by molar-refractivity contribution is 0.108. The van der Waals surface area contributed by atoms with Crippen LogP contribution in [0.1, 0.15) is 19.3 Å². The summed E-state index contributed by atoms with van der Waals surface area (Å²) in [5, 5.41) is 3.42. The van der Waals surface area contributed by atoms with Crippen LogP contribution in [0.3, 0.4) is 0 Å². The number of aromatic nitrogens is 1. The van der Waals surface area contributed by atoms with E-state index in [4.69, 9.17) is 10.5 Å². The van der Waals surface area contributed by atoms with E-state index in [1.54, 1.807) is 19.5 Å². The topological polar surface area (TPSA) is 60.2 Å². The Balaban J connectivity index is 1.92. The number of nitrogens with zero attached hydrogens (tertiary/aromatic N) is 1. The molecule has 2 rings (SSSR count). The van der Waals surface area contributed by atoms with Crippen molar-refractivity contribution >= 4 is 11.4 Å². The molecule has 0 saturated heterocycles. The lowest BCUT2D eigenvalue weighted by Gasteiger charge is -2.14. The largest absolute Gasteiger partial charge is 0.397 e. The summed E-state index contributed by atoms with van der Waals surface area (Å²) in [4.78, 5) is 4.05. The molecule has 1 fully saturated rings. The van der Waals surface area contributed by atoms with Gasteiger partial charge < -0.3 is 15.8 Å². The van der Waals surface area contributed by atoms with Crippen LogP contribution in [0.4, 0.5) is 11.4 Å². The summed E-state index contributed by atoms with van der Waals surface area (Å²) in [5.41, 5.74) is 7.35. The Morgan fingerprint density at radius 1 is 1.47 bits per heavy atom. The Kier molecular flexibility index (Phi) is 3.06. The number of methoxy groups -OCH3 is 1. The molecule has 1 aromatic rings. The molecule has 2 unspecified atom stereocenters. The van der Waals surface area contributed by atoms with E-state index >= 15 is 0 Å². The molecular formula is C11H17N3O. The monoisotopic (exact) mass is 207 g/mol. The average Bonchev–Trinajstić information content (AvgIpc) is 2.65. The lowest BCUT2D eigenvalue weighted by Crippen LogP contribution is -2.17. The van der Waals surface area contributed by atoms with E-state index in [1.165, 1.54) is 0 Å². The molecule has 0 bridgehead atoms. The van der Waals surface area contributed by atoms with Crippen LogP contribution in [-0.2, 0) is 4.74 Å². The number of nitrogens with one attached hydrogen (secondary N) is 1. The summed E-state index contributed by atoms with van der Waals surface area (Å²) in [5.74, 6) is 0. The second-order valence-corrected chi connectivity index (χ2v) is 4.02. The van der Waals surface area contributed by atoms with Crippen LogP contribution in [0.2, 0.25) is 0 Å². The molecule has 0 aliphatic heterocycles. The molecule has 15 heavy (non-hydrogen) atoms. The Morgan fingerprint density at radius 2 is 2.33 bits per heavy atom. The minimum absolute atomic E-state index is 0.400. The van der Waals surface area contributed by atoms with Crippen LogP contribution in [0.25, 0.3) is 0 Å². The molecule has 4 nitrogen and oxygen atoms in total. The SMILES string of the molecule is COC1CCC(Nc2cncc(N)c2)C1. The third kappa shape index (κ3) is 2.59. The third-order valence-electron chi connectivity index (χ3n) is 2.85. The van der Waals surface area contributed by atoms with Crippen LogP contribution in [0.5, 0.6) is 0 Å². The predicted molar refractivity (Wildman–Crippen MR) is 60.7 cm³/mol. The summed E-state index contributed by atoms with van der Waals surface area (Å²) < 4.78 is 5.32. The predicted octanol–water partition coefficient (Wildman–Crippen LogP) is 1.64. The smallest absolute Gasteiger partial charge is 0.0591 e. The van der Waals surface area contributed by atoms with Crippen molar-refractivity contribution in [2.75, 3.05) is 18.2 Å². The number of anilines is 2. The van der Waals surface area contributed by atoms with Crippen molar-refractivity contribution in [3.63, 3.8) is 0 Å². The summed E-state index contributed by atoms with van der Waals surface area (Å²) in [7, 11) is 1.77. The van der Waals surface area contributed by atoms with Gasteiger partial charge in [0.2, 0.25) is 0 Å². The normalized spacial score (nSPS) is 25.4. The molecule has 0 amide bonds. The van der Waals surface area contributed by atoms with Gasteiger partial charge in [-0.1, -0.05) is 0 Å². The summed E-state index contributed by atoms with van der Waals surface area (Å²) >= 11 is 0. The molecule has 4 heteroatoms. The van der Waals surface area contributed by atoms with E-state index in [0.29, 0.717) is 17.8 Å². The maximum Gasteiger partial charge on any atom is 0.0591 e. The minimum Gasteiger partial charge on any atom is -0.397 e. The molecule has 3 N–H and O–H groups in total. The van der Waals surface area contributed by atoms with Gasteiger partial charge in [-0.05, 0) is 25.3 Å². The fourth-order valence-electron chi connectivity index (χ4n) is 2.06. The van der Waals surface area contributed by atoms with E-state index in [0.717, 1.165) is 24.9 Å². The van der Waals surface area contributed by atoms with Crippen molar-refractivity contribution in [2.24, 2.45) is 0 Å². The zero-order chi connectivity index (χ0) is 10.7. The number of nitrogen functional groups attached to an aromatic ring is 1. The zero-order valence-corrected chi connectivity index (χ0v) is 8.94. The Labute approximate surface area is 89.8 Å². The van der Waals surface area contributed by atoms with Gasteiger partial charge in [-0.2, -0.15) is 0 Å². The minimum atomic E-state index is 0.400. The first-order valence-corrected chi connectivity index (χ1v) is 5.28. The molecule has 0 radical (unpaired) electrons. The molecule has 1 aliphatic carbocycles. The zero-order valence-electron chi connectivity index (χ0n) is 8.94. The molecule has 1 heterocycles. The van der Waals surface area contributed by atoms with E-state index in [2.05, 4.69) is 10.3 Å². The Morgan fingerprint density at radius 3 is 3.00 bits per heavy atom. The van der Waals surface area contributed by atoms with Crippen molar-refractivity contribution in [2.45, 2.75) is 31.4 Å². The van der Waals surface area contributed by atoms with Gasteiger partial charge in [-0.3, -0.25) is 4.98 Å². The molecule has 1 aromatic heterocycles. The average molecular weight is 207 g/mol. The Bertz CT molecular complexity index is 329. The fraction of sp³-hybridized carbons (Fsp3) is 0.545. The highest BCUT2D eigenvalue weighted by Crippen LogP contribution is 2.24. The van der Waals surface area contributed by atoms with Crippen LogP contribution >= 0.6 is 0 Å². The molecule has 0 aromatic carbocycles. The molecule has 2 atom stereocenters. The maximum absolute atomic E-state index is 5.66. The lowest BCUT2D eigenvalue weighted by atomic mass is 10.2. The van der Waals surface area contributed by atoms with E-state index in [1.807, 2.05) is 6.07 Å². The van der Waals surface area contributed by atoms with Crippen LogP contribution in [0, 0.1) is 0 Å². The highest BCUT2D eigenvalue weighted by atomic mass is 16.5. The van der Waals surface area contributed by atoms with Gasteiger partial charge >= 0.3 is 0 Å². The van der Waals surface area contributed by atoms with Crippen molar-refractivity contribution < 1.29 is 4.74 Å². The van der Waals surface area contributed by atoms with Gasteiger partial charge in [-0.25, -0.2) is 0 Å². The fourth-order valence-corrected chi connectivity index (χ4v) is 2.06. The van der Waals surface area contributed by atoms with Crippen molar-refractivity contribution in [1.29, 1.82) is 0 Å². The second-order valence-electron chi connectivity index (χ2n) is 4.02. The molecule has 1 aliphatic rings. The number of nitrogens with two attached hydrogens (primary N) is 1. The van der Waals surface area contributed by atoms with E-state index in [9.17, 15) is 0 Å². The first-order valence-electron chi connectivity index (χ1n) is 5.28. The maximum atomic E-state index is 5.66.